The summed E-state index contributed by atoms with van der Waals surface area (Å²) in [5.74, 6) is 0. The lowest BCUT2D eigenvalue weighted by molar-refractivity contribution is 0.288. The maximum atomic E-state index is 9.31. The molecule has 0 saturated carbocycles. The molecule has 0 aliphatic carbocycles. The first kappa shape index (κ1) is 26.5. The summed E-state index contributed by atoms with van der Waals surface area (Å²) in [6, 6.07) is 0. The van der Waals surface area contributed by atoms with Gasteiger partial charge >= 0.3 is 0 Å². The lowest BCUT2D eigenvalue weighted by Gasteiger charge is -2.15. The highest BCUT2D eigenvalue weighted by Crippen LogP contribution is 2.19. The molecule has 0 fully saturated rings. The number of unbranched alkanes of at least 4 members (excludes halogenated alkanes) is 13. The van der Waals surface area contributed by atoms with Crippen LogP contribution < -0.4 is 5.32 Å². The van der Waals surface area contributed by atoms with Crippen LogP contribution >= 0.6 is 0 Å². The van der Waals surface area contributed by atoms with Crippen molar-refractivity contribution in [3.05, 3.63) is 11.3 Å². The molecule has 0 aliphatic heterocycles. The smallest absolute Gasteiger partial charge is 0.0485 e. The fourth-order valence-electron chi connectivity index (χ4n) is 3.81. The Bertz CT molecular complexity index is 320. The first-order valence-electron chi connectivity index (χ1n) is 12.0. The Morgan fingerprint density at radius 2 is 1.00 bits per heavy atom. The zero-order valence-electron chi connectivity index (χ0n) is 18.5. The number of rotatable bonds is 21. The first-order valence-corrected chi connectivity index (χ1v) is 12.0. The van der Waals surface area contributed by atoms with Crippen molar-refractivity contribution in [2.24, 2.45) is 0 Å². The molecule has 0 unspecified atom stereocenters. The molecular weight excluding hydrogens is 334 g/mol. The van der Waals surface area contributed by atoms with E-state index >= 15 is 0 Å². The molecule has 0 saturated heterocycles. The number of aliphatic hydroxyl groups is 2. The van der Waals surface area contributed by atoms with E-state index in [1.54, 1.807) is 0 Å². The van der Waals surface area contributed by atoms with Gasteiger partial charge < -0.3 is 15.5 Å². The van der Waals surface area contributed by atoms with E-state index in [-0.39, 0.29) is 13.2 Å². The molecular formula is C24H49NO2. The molecule has 3 N–H and O–H groups in total. The summed E-state index contributed by atoms with van der Waals surface area (Å²) in [5.41, 5.74) is 2.47. The van der Waals surface area contributed by atoms with Gasteiger partial charge in [0.25, 0.3) is 0 Å². The molecule has 0 spiro atoms. The van der Waals surface area contributed by atoms with E-state index in [2.05, 4.69) is 19.2 Å². The normalized spacial score (nSPS) is 12.3. The van der Waals surface area contributed by atoms with Gasteiger partial charge in [0.05, 0.1) is 0 Å². The molecule has 0 bridgehead atoms. The van der Waals surface area contributed by atoms with E-state index < -0.39 is 0 Å². The molecule has 3 nitrogen and oxygen atoms in total. The van der Waals surface area contributed by atoms with Crippen molar-refractivity contribution in [3.8, 4) is 0 Å². The second kappa shape index (κ2) is 21.8. The van der Waals surface area contributed by atoms with Crippen LogP contribution in [-0.2, 0) is 0 Å². The largest absolute Gasteiger partial charge is 0.396 e. The molecule has 27 heavy (non-hydrogen) atoms. The SMILES string of the molecule is CCCCCCCCCCCCCCCC/C(CCO)=C(\CCO)NCC. The van der Waals surface area contributed by atoms with Crippen molar-refractivity contribution in [3.63, 3.8) is 0 Å². The van der Waals surface area contributed by atoms with Crippen LogP contribution in [-0.4, -0.2) is 30.0 Å². The number of nitrogens with one attached hydrogen (secondary N) is 1. The lowest BCUT2D eigenvalue weighted by atomic mass is 9.99. The van der Waals surface area contributed by atoms with E-state index in [9.17, 15) is 10.2 Å². The van der Waals surface area contributed by atoms with Gasteiger partial charge in [-0.15, -0.1) is 0 Å². The van der Waals surface area contributed by atoms with Crippen molar-refractivity contribution in [2.75, 3.05) is 19.8 Å². The molecule has 0 aromatic rings. The number of aliphatic hydroxyl groups excluding tert-OH is 2. The van der Waals surface area contributed by atoms with Crippen LogP contribution in [0.4, 0.5) is 0 Å². The molecule has 0 rings (SSSR count). The van der Waals surface area contributed by atoms with E-state index in [4.69, 9.17) is 0 Å². The Balaban J connectivity index is 3.63. The van der Waals surface area contributed by atoms with Crippen molar-refractivity contribution in [1.29, 1.82) is 0 Å². The summed E-state index contributed by atoms with van der Waals surface area (Å²) in [5, 5.41) is 21.9. The van der Waals surface area contributed by atoms with Crippen LogP contribution in [0.5, 0.6) is 0 Å². The molecule has 0 amide bonds. The Morgan fingerprint density at radius 1 is 0.556 bits per heavy atom. The number of hydrogen-bond donors (Lipinski definition) is 3. The van der Waals surface area contributed by atoms with Crippen molar-refractivity contribution in [1.82, 2.24) is 5.32 Å². The quantitative estimate of drug-likeness (QED) is 0.199. The highest BCUT2D eigenvalue weighted by atomic mass is 16.3. The third-order valence-electron chi connectivity index (χ3n) is 5.42. The van der Waals surface area contributed by atoms with E-state index in [1.165, 1.54) is 95.5 Å². The van der Waals surface area contributed by atoms with Crippen molar-refractivity contribution in [2.45, 2.75) is 123 Å². The molecule has 162 valence electrons. The van der Waals surface area contributed by atoms with Crippen LogP contribution in [0.15, 0.2) is 11.3 Å². The monoisotopic (exact) mass is 383 g/mol. The summed E-state index contributed by atoms with van der Waals surface area (Å²) in [4.78, 5) is 0. The van der Waals surface area contributed by atoms with E-state index in [0.717, 1.165) is 25.1 Å². The third kappa shape index (κ3) is 17.3. The fourth-order valence-corrected chi connectivity index (χ4v) is 3.81. The third-order valence-corrected chi connectivity index (χ3v) is 5.42. The van der Waals surface area contributed by atoms with E-state index in [0.29, 0.717) is 6.42 Å². The zero-order chi connectivity index (χ0) is 20.0. The minimum absolute atomic E-state index is 0.177. The standard InChI is InChI=1S/C24H49NO2/c1-3-5-6-7-8-9-10-11-12-13-14-15-16-17-18-23(19-21-26)24(20-22-27)25-4-2/h25-27H,3-22H2,1-2H3/b24-23-. The summed E-state index contributed by atoms with van der Waals surface area (Å²) >= 11 is 0. The summed E-state index contributed by atoms with van der Waals surface area (Å²) in [6.45, 7) is 5.62. The minimum atomic E-state index is 0.177. The van der Waals surface area contributed by atoms with Gasteiger partial charge in [-0.05, 0) is 31.8 Å². The average molecular weight is 384 g/mol. The van der Waals surface area contributed by atoms with Crippen LogP contribution in [0.3, 0.4) is 0 Å². The highest BCUT2D eigenvalue weighted by molar-refractivity contribution is 5.13. The Kier molecular flexibility index (Phi) is 21.3. The summed E-state index contributed by atoms with van der Waals surface area (Å²) in [7, 11) is 0. The van der Waals surface area contributed by atoms with Gasteiger partial charge in [0.15, 0.2) is 0 Å². The van der Waals surface area contributed by atoms with Crippen LogP contribution in [0.2, 0.25) is 0 Å². The molecule has 0 aliphatic rings. The molecule has 3 heteroatoms. The van der Waals surface area contributed by atoms with Crippen molar-refractivity contribution < 1.29 is 10.2 Å². The molecule has 0 radical (unpaired) electrons. The van der Waals surface area contributed by atoms with E-state index in [1.807, 2.05) is 0 Å². The average Bonchev–Trinajstić information content (AvgIpc) is 2.67. The predicted molar refractivity (Wildman–Crippen MR) is 119 cm³/mol. The van der Waals surface area contributed by atoms with Gasteiger partial charge in [-0.25, -0.2) is 0 Å². The highest BCUT2D eigenvalue weighted by Gasteiger charge is 2.06. The minimum Gasteiger partial charge on any atom is -0.396 e. The molecule has 0 aromatic carbocycles. The Morgan fingerprint density at radius 3 is 1.41 bits per heavy atom. The van der Waals surface area contributed by atoms with Crippen LogP contribution in [0, 0.1) is 0 Å². The molecule has 0 heterocycles. The Hall–Kier alpha value is -0.540. The maximum absolute atomic E-state index is 9.31. The first-order chi connectivity index (χ1) is 13.3. The fraction of sp³-hybridized carbons (Fsp3) is 0.917. The van der Waals surface area contributed by atoms with Gasteiger partial charge in [0, 0.05) is 31.9 Å². The van der Waals surface area contributed by atoms with Crippen LogP contribution in [0.25, 0.3) is 0 Å². The number of hydrogen-bond acceptors (Lipinski definition) is 3. The lowest BCUT2D eigenvalue weighted by Crippen LogP contribution is -2.16. The molecule has 0 atom stereocenters. The van der Waals surface area contributed by atoms with Crippen LogP contribution in [0.1, 0.15) is 123 Å². The second-order valence-corrected chi connectivity index (χ2v) is 7.91. The second-order valence-electron chi connectivity index (χ2n) is 7.91. The van der Waals surface area contributed by atoms with Gasteiger partial charge in [-0.3, -0.25) is 0 Å². The van der Waals surface area contributed by atoms with Gasteiger partial charge in [0.1, 0.15) is 0 Å². The van der Waals surface area contributed by atoms with Crippen molar-refractivity contribution >= 4 is 0 Å². The topological polar surface area (TPSA) is 52.5 Å². The van der Waals surface area contributed by atoms with Gasteiger partial charge in [-0.2, -0.15) is 0 Å². The summed E-state index contributed by atoms with van der Waals surface area (Å²) in [6.07, 6.45) is 21.8. The summed E-state index contributed by atoms with van der Waals surface area (Å²) < 4.78 is 0. The van der Waals surface area contributed by atoms with Gasteiger partial charge in [0.2, 0.25) is 0 Å². The van der Waals surface area contributed by atoms with Gasteiger partial charge in [-0.1, -0.05) is 90.4 Å². The molecule has 0 aromatic heterocycles. The predicted octanol–water partition coefficient (Wildman–Crippen LogP) is 6.49. The zero-order valence-corrected chi connectivity index (χ0v) is 18.5. The maximum Gasteiger partial charge on any atom is 0.0485 e. The Labute approximate surface area is 170 Å².